The topological polar surface area (TPSA) is 125 Å². The Morgan fingerprint density at radius 2 is 1.95 bits per heavy atom. The van der Waals surface area contributed by atoms with Gasteiger partial charge in [-0.05, 0) is 5.92 Å². The SMILES string of the molecule is CC(C)C1SCC(C(=O)O)N1C(=O)NCCNC(N)=O. The molecule has 1 aliphatic heterocycles. The zero-order chi connectivity index (χ0) is 15.3. The van der Waals surface area contributed by atoms with Crippen molar-refractivity contribution in [2.45, 2.75) is 25.3 Å². The third-order valence-corrected chi connectivity index (χ3v) is 4.45. The van der Waals surface area contributed by atoms with Crippen LogP contribution in [0.4, 0.5) is 9.59 Å². The average molecular weight is 304 g/mol. The molecule has 4 amide bonds. The first-order chi connectivity index (χ1) is 9.34. The van der Waals surface area contributed by atoms with Crippen LogP contribution >= 0.6 is 11.8 Å². The summed E-state index contributed by atoms with van der Waals surface area (Å²) in [5.74, 6) is -0.476. The highest BCUT2D eigenvalue weighted by Crippen LogP contribution is 2.33. The maximum absolute atomic E-state index is 12.1. The number of nitrogens with zero attached hydrogens (tertiary/aromatic N) is 1. The number of carboxylic acids is 1. The summed E-state index contributed by atoms with van der Waals surface area (Å²) in [4.78, 5) is 35.2. The minimum atomic E-state index is -1.01. The van der Waals surface area contributed by atoms with Crippen LogP contribution in [0.1, 0.15) is 13.8 Å². The molecule has 114 valence electrons. The van der Waals surface area contributed by atoms with Crippen LogP contribution in [0.5, 0.6) is 0 Å². The van der Waals surface area contributed by atoms with E-state index < -0.39 is 24.1 Å². The van der Waals surface area contributed by atoms with Crippen LogP contribution in [0, 0.1) is 5.92 Å². The second kappa shape index (κ2) is 7.22. The number of carbonyl (C=O) groups is 3. The Morgan fingerprint density at radius 3 is 2.45 bits per heavy atom. The summed E-state index contributed by atoms with van der Waals surface area (Å²) in [5.41, 5.74) is 4.90. The standard InChI is InChI=1S/C11H20N4O4S/c1-6(2)8-15(7(5-20-8)9(16)17)11(19)14-4-3-13-10(12)18/h6-8H,3-5H2,1-2H3,(H,14,19)(H,16,17)(H3,12,13,18). The van der Waals surface area contributed by atoms with Gasteiger partial charge >= 0.3 is 18.0 Å². The van der Waals surface area contributed by atoms with Crippen LogP contribution in [0.15, 0.2) is 0 Å². The van der Waals surface area contributed by atoms with Gasteiger partial charge in [0.25, 0.3) is 0 Å². The zero-order valence-corrected chi connectivity index (χ0v) is 12.3. The molecule has 1 aliphatic rings. The molecule has 0 aromatic heterocycles. The monoisotopic (exact) mass is 304 g/mol. The van der Waals surface area contributed by atoms with Gasteiger partial charge in [0.1, 0.15) is 6.04 Å². The van der Waals surface area contributed by atoms with Gasteiger partial charge in [-0.3, -0.25) is 4.90 Å². The van der Waals surface area contributed by atoms with Crippen LogP contribution in [-0.2, 0) is 4.79 Å². The summed E-state index contributed by atoms with van der Waals surface area (Å²) in [6, 6.07) is -1.93. The number of primary amides is 1. The molecule has 2 unspecified atom stereocenters. The van der Waals surface area contributed by atoms with E-state index in [1.165, 1.54) is 16.7 Å². The van der Waals surface area contributed by atoms with Gasteiger partial charge in [0.15, 0.2) is 0 Å². The first-order valence-electron chi connectivity index (χ1n) is 6.28. The lowest BCUT2D eigenvalue weighted by atomic mass is 10.2. The molecular weight excluding hydrogens is 284 g/mol. The molecule has 0 aromatic carbocycles. The number of amides is 4. The van der Waals surface area contributed by atoms with Gasteiger partial charge in [0, 0.05) is 18.8 Å². The number of rotatable bonds is 5. The summed E-state index contributed by atoms with van der Waals surface area (Å²) >= 11 is 1.46. The van der Waals surface area contributed by atoms with E-state index in [1.807, 2.05) is 13.8 Å². The van der Waals surface area contributed by atoms with Crippen molar-refractivity contribution in [3.63, 3.8) is 0 Å². The number of urea groups is 2. The fourth-order valence-electron chi connectivity index (χ4n) is 1.94. The van der Waals surface area contributed by atoms with E-state index in [-0.39, 0.29) is 24.4 Å². The van der Waals surface area contributed by atoms with Crippen molar-refractivity contribution < 1.29 is 19.5 Å². The van der Waals surface area contributed by atoms with E-state index in [0.717, 1.165) is 0 Å². The van der Waals surface area contributed by atoms with Crippen molar-refractivity contribution in [1.82, 2.24) is 15.5 Å². The summed E-state index contributed by atoms with van der Waals surface area (Å²) in [5, 5.41) is 13.9. The number of carbonyl (C=O) groups excluding carboxylic acids is 2. The molecule has 1 heterocycles. The van der Waals surface area contributed by atoms with Crippen molar-refractivity contribution in [2.75, 3.05) is 18.8 Å². The molecule has 2 atom stereocenters. The minimum Gasteiger partial charge on any atom is -0.480 e. The first-order valence-corrected chi connectivity index (χ1v) is 7.33. The molecule has 0 saturated carbocycles. The molecule has 5 N–H and O–H groups in total. The number of carboxylic acid groups (broad SMARTS) is 1. The molecule has 1 fully saturated rings. The van der Waals surface area contributed by atoms with Crippen molar-refractivity contribution in [1.29, 1.82) is 0 Å². The second-order valence-electron chi connectivity index (χ2n) is 4.75. The largest absolute Gasteiger partial charge is 0.480 e. The van der Waals surface area contributed by atoms with Crippen LogP contribution < -0.4 is 16.4 Å². The quantitative estimate of drug-likeness (QED) is 0.526. The smallest absolute Gasteiger partial charge is 0.327 e. The van der Waals surface area contributed by atoms with Crippen LogP contribution in [0.25, 0.3) is 0 Å². The van der Waals surface area contributed by atoms with Gasteiger partial charge in [0.05, 0.1) is 5.37 Å². The van der Waals surface area contributed by atoms with Gasteiger partial charge in [-0.1, -0.05) is 13.8 Å². The van der Waals surface area contributed by atoms with Gasteiger partial charge in [-0.25, -0.2) is 14.4 Å². The summed E-state index contributed by atoms with van der Waals surface area (Å²) in [7, 11) is 0. The van der Waals surface area contributed by atoms with E-state index in [2.05, 4.69) is 10.6 Å². The first kappa shape index (κ1) is 16.4. The third-order valence-electron chi connectivity index (χ3n) is 2.83. The van der Waals surface area contributed by atoms with Gasteiger partial charge < -0.3 is 21.5 Å². The fraction of sp³-hybridized carbons (Fsp3) is 0.727. The molecule has 0 spiro atoms. The maximum Gasteiger partial charge on any atom is 0.327 e. The molecule has 9 heteroatoms. The molecule has 0 radical (unpaired) electrons. The van der Waals surface area contributed by atoms with Crippen molar-refractivity contribution >= 4 is 29.8 Å². The molecule has 0 bridgehead atoms. The van der Waals surface area contributed by atoms with Gasteiger partial charge in [-0.15, -0.1) is 11.8 Å². The van der Waals surface area contributed by atoms with Crippen molar-refractivity contribution in [2.24, 2.45) is 11.7 Å². The Kier molecular flexibility index (Phi) is 5.93. The van der Waals surface area contributed by atoms with Gasteiger partial charge in [-0.2, -0.15) is 0 Å². The lowest BCUT2D eigenvalue weighted by molar-refractivity contribution is -0.141. The molecule has 0 aliphatic carbocycles. The summed E-state index contributed by atoms with van der Waals surface area (Å²) in [6.07, 6.45) is 0. The molecular formula is C11H20N4O4S. The van der Waals surface area contributed by atoms with Crippen molar-refractivity contribution in [3.05, 3.63) is 0 Å². The molecule has 8 nitrogen and oxygen atoms in total. The highest BCUT2D eigenvalue weighted by Gasteiger charge is 2.42. The van der Waals surface area contributed by atoms with Gasteiger partial charge in [0.2, 0.25) is 0 Å². The molecule has 1 rings (SSSR count). The summed E-state index contributed by atoms with van der Waals surface area (Å²) < 4.78 is 0. The minimum absolute atomic E-state index is 0.152. The number of thioether (sulfide) groups is 1. The lowest BCUT2D eigenvalue weighted by Crippen LogP contribution is -2.52. The van der Waals surface area contributed by atoms with E-state index in [1.54, 1.807) is 0 Å². The third kappa shape index (κ3) is 4.19. The van der Waals surface area contributed by atoms with Crippen LogP contribution in [-0.4, -0.2) is 58.3 Å². The predicted octanol–water partition coefficient (Wildman–Crippen LogP) is -0.152. The van der Waals surface area contributed by atoms with E-state index >= 15 is 0 Å². The highest BCUT2D eigenvalue weighted by molar-refractivity contribution is 8.00. The highest BCUT2D eigenvalue weighted by atomic mass is 32.2. The normalized spacial score (nSPS) is 21.9. The molecule has 20 heavy (non-hydrogen) atoms. The second-order valence-corrected chi connectivity index (χ2v) is 5.90. The van der Waals surface area contributed by atoms with Crippen molar-refractivity contribution in [3.8, 4) is 0 Å². The molecule has 0 aromatic rings. The maximum atomic E-state index is 12.1. The summed E-state index contributed by atoms with van der Waals surface area (Å²) in [6.45, 7) is 4.28. The Bertz CT molecular complexity index is 391. The Balaban J connectivity index is 2.60. The Hall–Kier alpha value is -1.64. The number of hydrogen-bond acceptors (Lipinski definition) is 4. The zero-order valence-electron chi connectivity index (χ0n) is 11.5. The Morgan fingerprint density at radius 1 is 1.35 bits per heavy atom. The fourth-order valence-corrected chi connectivity index (χ4v) is 3.41. The Labute approximate surface area is 121 Å². The van der Waals surface area contributed by atoms with E-state index in [0.29, 0.717) is 5.75 Å². The number of nitrogens with two attached hydrogens (primary N) is 1. The van der Waals surface area contributed by atoms with Crippen LogP contribution in [0.2, 0.25) is 0 Å². The number of nitrogens with one attached hydrogen (secondary N) is 2. The van der Waals surface area contributed by atoms with E-state index in [4.69, 9.17) is 10.8 Å². The number of aliphatic carboxylic acids is 1. The predicted molar refractivity (Wildman–Crippen MR) is 75.3 cm³/mol. The number of hydrogen-bond donors (Lipinski definition) is 4. The average Bonchev–Trinajstić information content (AvgIpc) is 2.78. The molecule has 1 saturated heterocycles. The lowest BCUT2D eigenvalue weighted by Gasteiger charge is -2.29. The van der Waals surface area contributed by atoms with Crippen LogP contribution in [0.3, 0.4) is 0 Å². The van der Waals surface area contributed by atoms with E-state index in [9.17, 15) is 14.4 Å².